The number of nitrogens with one attached hydrogen (secondary N) is 1. The van der Waals surface area contributed by atoms with Gasteiger partial charge in [-0.15, -0.1) is 0 Å². The molecule has 5 N–H and O–H groups in total. The minimum absolute atomic E-state index is 0.287. The number of aromatic nitrogens is 2. The van der Waals surface area contributed by atoms with Crippen LogP contribution in [0.4, 0.5) is 10.5 Å². The fourth-order valence-corrected chi connectivity index (χ4v) is 3.76. The van der Waals surface area contributed by atoms with E-state index in [4.69, 9.17) is 16.4 Å². The van der Waals surface area contributed by atoms with Crippen LogP contribution in [0, 0.1) is 6.92 Å². The molecule has 3 aromatic rings. The summed E-state index contributed by atoms with van der Waals surface area (Å²) in [5.41, 5.74) is 7.62. The molecule has 166 valence electrons. The fourth-order valence-electron chi connectivity index (χ4n) is 3.76. The number of urea groups is 1. The van der Waals surface area contributed by atoms with Gasteiger partial charge in [0.2, 0.25) is 0 Å². The molecule has 2 aromatic carbocycles. The molecule has 8 nitrogen and oxygen atoms in total. The van der Waals surface area contributed by atoms with E-state index in [0.29, 0.717) is 17.4 Å². The van der Waals surface area contributed by atoms with Crippen LogP contribution in [-0.4, -0.2) is 16.0 Å². The zero-order valence-corrected chi connectivity index (χ0v) is 18.3. The number of aryl methyl sites for hydroxylation is 2. The van der Waals surface area contributed by atoms with Crippen molar-refractivity contribution in [3.63, 3.8) is 0 Å². The third-order valence-electron chi connectivity index (χ3n) is 5.69. The normalized spacial score (nSPS) is 13.0. The van der Waals surface area contributed by atoms with Gasteiger partial charge in [-0.2, -0.15) is 0 Å². The molecule has 1 aliphatic carbocycles. The van der Waals surface area contributed by atoms with Crippen molar-refractivity contribution in [2.75, 3.05) is 5.01 Å². The van der Waals surface area contributed by atoms with E-state index in [9.17, 15) is 4.79 Å². The summed E-state index contributed by atoms with van der Waals surface area (Å²) in [6.07, 6.45) is 4.88. The predicted octanol–water partition coefficient (Wildman–Crippen LogP) is 3.73. The van der Waals surface area contributed by atoms with Crippen LogP contribution < -0.4 is 26.9 Å². The van der Waals surface area contributed by atoms with Crippen LogP contribution in [0.2, 0.25) is 0 Å². The average molecular weight is 433 g/mol. The molecule has 1 saturated carbocycles. The van der Waals surface area contributed by atoms with Crippen LogP contribution in [0.15, 0.2) is 48.7 Å². The summed E-state index contributed by atoms with van der Waals surface area (Å²) < 4.78 is 6.20. The molecular formula is C24H28N6O2. The Morgan fingerprint density at radius 3 is 2.75 bits per heavy atom. The average Bonchev–Trinajstić information content (AvgIpc) is 3.67. The van der Waals surface area contributed by atoms with Gasteiger partial charge in [0.15, 0.2) is 5.82 Å². The second kappa shape index (κ2) is 9.33. The maximum Gasteiger partial charge on any atom is 0.350 e. The number of hydrogen-bond donors (Lipinski definition) is 3. The highest BCUT2D eigenvalue weighted by molar-refractivity contribution is 5.91. The number of rotatable bonds is 7. The van der Waals surface area contributed by atoms with E-state index in [1.807, 2.05) is 37.3 Å². The molecule has 0 saturated heterocycles. The first-order valence-corrected chi connectivity index (χ1v) is 10.7. The van der Waals surface area contributed by atoms with E-state index in [2.05, 4.69) is 28.4 Å². The summed E-state index contributed by atoms with van der Waals surface area (Å²) in [5.74, 6) is 13.2. The SMILES string of the molecule is CCc1ccnc(-c2ccc(OCc3c(C4CC4)cccc3N(N)C(=O)NN)c(C)c2)n1. The van der Waals surface area contributed by atoms with Crippen LogP contribution in [0.1, 0.15) is 48.1 Å². The van der Waals surface area contributed by atoms with E-state index >= 15 is 0 Å². The molecular weight excluding hydrogens is 404 g/mol. The third kappa shape index (κ3) is 4.56. The standard InChI is InChI=1S/C24H28N6O2/c1-3-18-11-12-27-23(28-18)17-9-10-22(15(2)13-17)32-14-20-19(16-7-8-16)5-4-6-21(20)30(26)24(31)29-25/h4-6,9-13,16H,3,7-8,14,25-26H2,1-2H3,(H,29,31). The zero-order valence-electron chi connectivity index (χ0n) is 18.3. The Balaban J connectivity index is 1.59. The molecule has 4 rings (SSSR count). The summed E-state index contributed by atoms with van der Waals surface area (Å²) in [7, 11) is 0. The number of carbonyl (C=O) groups is 1. The second-order valence-corrected chi connectivity index (χ2v) is 7.93. The summed E-state index contributed by atoms with van der Waals surface area (Å²) in [4.78, 5) is 21.0. The first-order chi connectivity index (χ1) is 15.5. The fraction of sp³-hybridized carbons (Fsp3) is 0.292. The van der Waals surface area contributed by atoms with E-state index in [-0.39, 0.29) is 6.61 Å². The number of carbonyl (C=O) groups excluding carboxylic acids is 1. The molecule has 8 heteroatoms. The lowest BCUT2D eigenvalue weighted by molar-refractivity contribution is 0.246. The Hall–Kier alpha value is -3.49. The third-order valence-corrected chi connectivity index (χ3v) is 5.69. The molecule has 0 unspecified atom stereocenters. The van der Waals surface area contributed by atoms with E-state index in [0.717, 1.165) is 58.0 Å². The van der Waals surface area contributed by atoms with Crippen molar-refractivity contribution in [3.05, 3.63) is 71.0 Å². The Labute approximate surface area is 187 Å². The van der Waals surface area contributed by atoms with Gasteiger partial charge in [0.05, 0.1) is 5.69 Å². The molecule has 32 heavy (non-hydrogen) atoms. The Morgan fingerprint density at radius 1 is 1.25 bits per heavy atom. The van der Waals surface area contributed by atoms with Crippen molar-refractivity contribution in [1.82, 2.24) is 15.4 Å². The number of anilines is 1. The predicted molar refractivity (Wildman–Crippen MR) is 124 cm³/mol. The lowest BCUT2D eigenvalue weighted by Gasteiger charge is -2.22. The summed E-state index contributed by atoms with van der Waals surface area (Å²) in [6.45, 7) is 4.35. The number of nitrogens with two attached hydrogens (primary N) is 2. The van der Waals surface area contributed by atoms with Crippen molar-refractivity contribution in [1.29, 1.82) is 0 Å². The summed E-state index contributed by atoms with van der Waals surface area (Å²) >= 11 is 0. The van der Waals surface area contributed by atoms with Crippen LogP contribution in [0.5, 0.6) is 5.75 Å². The number of hydrazine groups is 2. The van der Waals surface area contributed by atoms with E-state index < -0.39 is 6.03 Å². The first kappa shape index (κ1) is 21.7. The monoisotopic (exact) mass is 432 g/mol. The highest BCUT2D eigenvalue weighted by atomic mass is 16.5. The molecule has 0 spiro atoms. The van der Waals surface area contributed by atoms with Crippen molar-refractivity contribution in [3.8, 4) is 17.1 Å². The molecule has 2 amide bonds. The minimum atomic E-state index is -0.589. The van der Waals surface area contributed by atoms with Crippen molar-refractivity contribution in [2.45, 2.75) is 45.6 Å². The molecule has 0 bridgehead atoms. The summed E-state index contributed by atoms with van der Waals surface area (Å²) in [5, 5.41) is 1.03. The molecule has 1 fully saturated rings. The van der Waals surface area contributed by atoms with Crippen LogP contribution >= 0.6 is 0 Å². The van der Waals surface area contributed by atoms with Gasteiger partial charge in [-0.3, -0.25) is 5.43 Å². The molecule has 1 heterocycles. The van der Waals surface area contributed by atoms with Crippen LogP contribution in [0.25, 0.3) is 11.4 Å². The number of hydrogen-bond acceptors (Lipinski definition) is 6. The highest BCUT2D eigenvalue weighted by Gasteiger charge is 2.29. The number of amides is 2. The molecule has 1 aromatic heterocycles. The Morgan fingerprint density at radius 2 is 2.06 bits per heavy atom. The van der Waals surface area contributed by atoms with Gasteiger partial charge in [-0.05, 0) is 73.6 Å². The Bertz CT molecular complexity index is 1130. The molecule has 0 atom stereocenters. The number of nitrogens with zero attached hydrogens (tertiary/aromatic N) is 3. The van der Waals surface area contributed by atoms with Gasteiger partial charge in [-0.1, -0.05) is 19.1 Å². The lowest BCUT2D eigenvalue weighted by atomic mass is 10.0. The van der Waals surface area contributed by atoms with Crippen molar-refractivity contribution >= 4 is 11.7 Å². The zero-order chi connectivity index (χ0) is 22.7. The smallest absolute Gasteiger partial charge is 0.350 e. The largest absolute Gasteiger partial charge is 0.489 e. The quantitative estimate of drug-likeness (QED) is 0.297. The highest BCUT2D eigenvalue weighted by Crippen LogP contribution is 2.44. The first-order valence-electron chi connectivity index (χ1n) is 10.7. The van der Waals surface area contributed by atoms with Gasteiger partial charge in [0.1, 0.15) is 12.4 Å². The number of ether oxygens (including phenoxy) is 1. The maximum atomic E-state index is 12.0. The second-order valence-electron chi connectivity index (χ2n) is 7.93. The Kier molecular flexibility index (Phi) is 6.34. The molecule has 1 aliphatic rings. The van der Waals surface area contributed by atoms with Gasteiger partial charge in [0.25, 0.3) is 0 Å². The van der Waals surface area contributed by atoms with Gasteiger partial charge in [0, 0.05) is 23.0 Å². The van der Waals surface area contributed by atoms with E-state index in [1.54, 1.807) is 12.3 Å². The van der Waals surface area contributed by atoms with Crippen molar-refractivity contribution in [2.24, 2.45) is 11.7 Å². The van der Waals surface area contributed by atoms with Gasteiger partial charge >= 0.3 is 6.03 Å². The van der Waals surface area contributed by atoms with Crippen molar-refractivity contribution < 1.29 is 9.53 Å². The minimum Gasteiger partial charge on any atom is -0.489 e. The van der Waals surface area contributed by atoms with E-state index in [1.165, 1.54) is 0 Å². The molecule has 0 radical (unpaired) electrons. The molecule has 0 aliphatic heterocycles. The van der Waals surface area contributed by atoms with Crippen LogP contribution in [-0.2, 0) is 13.0 Å². The lowest BCUT2D eigenvalue weighted by Crippen LogP contribution is -2.48. The van der Waals surface area contributed by atoms with Crippen LogP contribution in [0.3, 0.4) is 0 Å². The maximum absolute atomic E-state index is 12.0. The topological polar surface area (TPSA) is 119 Å². The number of benzene rings is 2. The van der Waals surface area contributed by atoms with Gasteiger partial charge in [-0.25, -0.2) is 31.5 Å². The summed E-state index contributed by atoms with van der Waals surface area (Å²) in [6, 6.07) is 13.0. The van der Waals surface area contributed by atoms with Gasteiger partial charge < -0.3 is 4.74 Å².